The van der Waals surface area contributed by atoms with Crippen molar-refractivity contribution in [2.75, 3.05) is 19.8 Å². The van der Waals surface area contributed by atoms with Crippen LogP contribution in [0.4, 0.5) is 0 Å². The van der Waals surface area contributed by atoms with Crippen LogP contribution in [0.25, 0.3) is 0 Å². The highest BCUT2D eigenvalue weighted by Gasteiger charge is 2.15. The summed E-state index contributed by atoms with van der Waals surface area (Å²) in [6, 6.07) is 0. The van der Waals surface area contributed by atoms with Gasteiger partial charge in [-0.25, -0.2) is 0 Å². The zero-order valence-electron chi connectivity index (χ0n) is 12.9. The quantitative estimate of drug-likeness (QED) is 0.534. The molecule has 0 aliphatic carbocycles. The van der Waals surface area contributed by atoms with Crippen molar-refractivity contribution < 1.29 is 14.2 Å². The van der Waals surface area contributed by atoms with E-state index in [1.807, 2.05) is 6.92 Å². The molecule has 0 aliphatic heterocycles. The van der Waals surface area contributed by atoms with E-state index in [1.165, 1.54) is 0 Å². The van der Waals surface area contributed by atoms with E-state index in [2.05, 4.69) is 27.7 Å². The van der Waals surface area contributed by atoms with Crippen molar-refractivity contribution in [2.45, 2.75) is 78.6 Å². The minimum atomic E-state index is 0.0609. The van der Waals surface area contributed by atoms with E-state index in [4.69, 9.17) is 14.2 Å². The van der Waals surface area contributed by atoms with Gasteiger partial charge in [-0.05, 0) is 33.6 Å². The van der Waals surface area contributed by atoms with Crippen molar-refractivity contribution in [1.29, 1.82) is 0 Å². The molecule has 0 spiro atoms. The monoisotopic (exact) mass is 260 g/mol. The van der Waals surface area contributed by atoms with Gasteiger partial charge in [0.1, 0.15) is 6.10 Å². The van der Waals surface area contributed by atoms with Crippen molar-refractivity contribution in [3.63, 3.8) is 0 Å². The summed E-state index contributed by atoms with van der Waals surface area (Å²) in [5, 5.41) is 0. The summed E-state index contributed by atoms with van der Waals surface area (Å²) in [4.78, 5) is 0. The predicted octanol–water partition coefficient (Wildman–Crippen LogP) is 3.80. The molecule has 0 aromatic heterocycles. The number of rotatable bonds is 12. The van der Waals surface area contributed by atoms with E-state index in [-0.39, 0.29) is 12.2 Å². The Hall–Kier alpha value is -0.120. The average Bonchev–Trinajstić information content (AvgIpc) is 2.33. The summed E-state index contributed by atoms with van der Waals surface area (Å²) in [6.45, 7) is 12.6. The molecule has 0 saturated carbocycles. The van der Waals surface area contributed by atoms with Crippen LogP contribution < -0.4 is 0 Å². The average molecular weight is 260 g/mol. The fraction of sp³-hybridized carbons (Fsp3) is 1.00. The van der Waals surface area contributed by atoms with Gasteiger partial charge in [-0.1, -0.05) is 26.7 Å². The standard InChI is InChI=1S/C15H32O3/c1-6-9-13(4)17-12-15(11-16-8-3)18-14(5)10-7-2/h13-15H,6-12H2,1-5H3. The van der Waals surface area contributed by atoms with Crippen molar-refractivity contribution in [3.05, 3.63) is 0 Å². The molecular weight excluding hydrogens is 228 g/mol. The molecule has 3 heteroatoms. The van der Waals surface area contributed by atoms with E-state index in [0.717, 1.165) is 32.3 Å². The second-order valence-corrected chi connectivity index (χ2v) is 4.95. The third kappa shape index (κ3) is 9.86. The molecule has 3 atom stereocenters. The van der Waals surface area contributed by atoms with Gasteiger partial charge in [-0.2, -0.15) is 0 Å². The SMILES string of the molecule is CCCC(C)OCC(COCC)OC(C)CCC. The zero-order chi connectivity index (χ0) is 13.8. The number of hydrogen-bond acceptors (Lipinski definition) is 3. The lowest BCUT2D eigenvalue weighted by molar-refractivity contribution is -0.0988. The second-order valence-electron chi connectivity index (χ2n) is 4.95. The third-order valence-corrected chi connectivity index (χ3v) is 2.89. The van der Waals surface area contributed by atoms with Gasteiger partial charge in [0.05, 0.1) is 25.4 Å². The lowest BCUT2D eigenvalue weighted by Gasteiger charge is -2.24. The van der Waals surface area contributed by atoms with Crippen molar-refractivity contribution in [2.24, 2.45) is 0 Å². The summed E-state index contributed by atoms with van der Waals surface area (Å²) in [7, 11) is 0. The molecule has 0 radical (unpaired) electrons. The Morgan fingerprint density at radius 1 is 0.833 bits per heavy atom. The fourth-order valence-corrected chi connectivity index (χ4v) is 1.94. The Morgan fingerprint density at radius 2 is 1.44 bits per heavy atom. The fourth-order valence-electron chi connectivity index (χ4n) is 1.94. The molecule has 18 heavy (non-hydrogen) atoms. The highest BCUT2D eigenvalue weighted by molar-refractivity contribution is 4.61. The molecule has 0 amide bonds. The molecule has 0 bridgehead atoms. The maximum Gasteiger partial charge on any atom is 0.104 e. The van der Waals surface area contributed by atoms with Gasteiger partial charge in [-0.3, -0.25) is 0 Å². The van der Waals surface area contributed by atoms with Crippen LogP contribution in [0.1, 0.15) is 60.3 Å². The highest BCUT2D eigenvalue weighted by Crippen LogP contribution is 2.08. The second kappa shape index (κ2) is 11.9. The predicted molar refractivity (Wildman–Crippen MR) is 76.1 cm³/mol. The first-order chi connectivity index (χ1) is 8.63. The summed E-state index contributed by atoms with van der Waals surface area (Å²) in [6.07, 6.45) is 5.15. The van der Waals surface area contributed by atoms with Crippen LogP contribution in [0.5, 0.6) is 0 Å². The summed E-state index contributed by atoms with van der Waals surface area (Å²) >= 11 is 0. The Labute approximate surface area is 113 Å². The molecule has 0 aromatic rings. The van der Waals surface area contributed by atoms with Crippen LogP contribution in [0, 0.1) is 0 Å². The van der Waals surface area contributed by atoms with Gasteiger partial charge >= 0.3 is 0 Å². The van der Waals surface area contributed by atoms with E-state index in [1.54, 1.807) is 0 Å². The van der Waals surface area contributed by atoms with Gasteiger partial charge in [-0.15, -0.1) is 0 Å². The molecule has 110 valence electrons. The minimum absolute atomic E-state index is 0.0609. The molecule has 0 aliphatic rings. The van der Waals surface area contributed by atoms with Gasteiger partial charge in [0.2, 0.25) is 0 Å². The van der Waals surface area contributed by atoms with Gasteiger partial charge in [0, 0.05) is 6.61 Å². The number of hydrogen-bond donors (Lipinski definition) is 0. The summed E-state index contributed by atoms with van der Waals surface area (Å²) < 4.78 is 17.2. The first-order valence-corrected chi connectivity index (χ1v) is 7.48. The Balaban J connectivity index is 3.97. The van der Waals surface area contributed by atoms with Crippen LogP contribution in [0.2, 0.25) is 0 Å². The molecule has 0 N–H and O–H groups in total. The lowest BCUT2D eigenvalue weighted by atomic mass is 10.2. The van der Waals surface area contributed by atoms with E-state index in [9.17, 15) is 0 Å². The van der Waals surface area contributed by atoms with Crippen molar-refractivity contribution in [1.82, 2.24) is 0 Å². The highest BCUT2D eigenvalue weighted by atomic mass is 16.6. The first-order valence-electron chi connectivity index (χ1n) is 7.48. The Morgan fingerprint density at radius 3 is 2.00 bits per heavy atom. The van der Waals surface area contributed by atoms with E-state index < -0.39 is 0 Å². The molecule has 0 fully saturated rings. The van der Waals surface area contributed by atoms with Crippen molar-refractivity contribution in [3.8, 4) is 0 Å². The third-order valence-electron chi connectivity index (χ3n) is 2.89. The molecule has 0 rings (SSSR count). The zero-order valence-corrected chi connectivity index (χ0v) is 12.9. The smallest absolute Gasteiger partial charge is 0.104 e. The summed E-state index contributed by atoms with van der Waals surface area (Å²) in [5.41, 5.74) is 0. The van der Waals surface area contributed by atoms with E-state index in [0.29, 0.717) is 19.3 Å². The first kappa shape index (κ1) is 17.9. The largest absolute Gasteiger partial charge is 0.379 e. The topological polar surface area (TPSA) is 27.7 Å². The Bertz CT molecular complexity index is 173. The van der Waals surface area contributed by atoms with Crippen LogP contribution >= 0.6 is 0 Å². The lowest BCUT2D eigenvalue weighted by Crippen LogP contribution is -2.31. The maximum absolute atomic E-state index is 5.97. The van der Waals surface area contributed by atoms with Crippen LogP contribution in [-0.2, 0) is 14.2 Å². The minimum Gasteiger partial charge on any atom is -0.379 e. The molecular formula is C15H32O3. The molecule has 3 unspecified atom stereocenters. The summed E-state index contributed by atoms with van der Waals surface area (Å²) in [5.74, 6) is 0. The van der Waals surface area contributed by atoms with Crippen LogP contribution in [0.3, 0.4) is 0 Å². The molecule has 0 saturated heterocycles. The maximum atomic E-state index is 5.97. The van der Waals surface area contributed by atoms with Crippen LogP contribution in [-0.4, -0.2) is 38.1 Å². The van der Waals surface area contributed by atoms with Gasteiger partial charge in [0.25, 0.3) is 0 Å². The van der Waals surface area contributed by atoms with Gasteiger partial charge < -0.3 is 14.2 Å². The molecule has 0 aromatic carbocycles. The van der Waals surface area contributed by atoms with Crippen LogP contribution in [0.15, 0.2) is 0 Å². The number of ether oxygens (including phenoxy) is 3. The Kier molecular flexibility index (Phi) is 11.9. The molecule has 0 heterocycles. The normalized spacial score (nSPS) is 16.5. The molecule has 3 nitrogen and oxygen atoms in total. The van der Waals surface area contributed by atoms with Crippen molar-refractivity contribution >= 4 is 0 Å². The van der Waals surface area contributed by atoms with E-state index >= 15 is 0 Å². The van der Waals surface area contributed by atoms with Gasteiger partial charge in [0.15, 0.2) is 0 Å².